The summed E-state index contributed by atoms with van der Waals surface area (Å²) in [6.45, 7) is 6.29. The highest BCUT2D eigenvalue weighted by Crippen LogP contribution is 2.26. The van der Waals surface area contributed by atoms with Crippen LogP contribution >= 0.6 is 11.6 Å². The van der Waals surface area contributed by atoms with Crippen LogP contribution in [0.25, 0.3) is 0 Å². The number of ether oxygens (including phenoxy) is 1. The summed E-state index contributed by atoms with van der Waals surface area (Å²) in [5.41, 5.74) is 6.62. The second kappa shape index (κ2) is 6.91. The molecule has 0 spiro atoms. The third kappa shape index (κ3) is 4.83. The van der Waals surface area contributed by atoms with Crippen molar-refractivity contribution >= 4 is 27.3 Å². The predicted molar refractivity (Wildman–Crippen MR) is 76.7 cm³/mol. The van der Waals surface area contributed by atoms with Gasteiger partial charge in [0.2, 0.25) is 10.0 Å². The lowest BCUT2D eigenvalue weighted by atomic mass is 10.3. The highest BCUT2D eigenvalue weighted by atomic mass is 35.5. The fraction of sp³-hybridized carbons (Fsp3) is 0.333. The second-order valence-corrected chi connectivity index (χ2v) is 6.18. The molecule has 0 aliphatic rings. The third-order valence-corrected chi connectivity index (χ3v) is 4.16. The van der Waals surface area contributed by atoms with Gasteiger partial charge >= 0.3 is 0 Å². The van der Waals surface area contributed by atoms with Crippen molar-refractivity contribution in [2.45, 2.75) is 11.8 Å². The van der Waals surface area contributed by atoms with E-state index >= 15 is 0 Å². The highest BCUT2D eigenvalue weighted by Gasteiger charge is 2.20. The minimum absolute atomic E-state index is 0.0929. The minimum atomic E-state index is -3.73. The summed E-state index contributed by atoms with van der Waals surface area (Å²) in [7, 11) is -3.73. The van der Waals surface area contributed by atoms with E-state index in [9.17, 15) is 8.42 Å². The molecule has 0 heterocycles. The van der Waals surface area contributed by atoms with E-state index in [1.54, 1.807) is 6.07 Å². The molecule has 5 nitrogen and oxygen atoms in total. The summed E-state index contributed by atoms with van der Waals surface area (Å²) in [5, 5.41) is 0.0929. The van der Waals surface area contributed by atoms with Crippen LogP contribution in [0.15, 0.2) is 35.2 Å². The van der Waals surface area contributed by atoms with Crippen molar-refractivity contribution in [3.05, 3.63) is 35.4 Å². The molecular weight excluding hydrogens is 288 g/mol. The van der Waals surface area contributed by atoms with E-state index in [0.29, 0.717) is 6.61 Å². The van der Waals surface area contributed by atoms with E-state index in [0.717, 1.165) is 5.57 Å². The number of hydrogen-bond donors (Lipinski definition) is 2. The Kier molecular flexibility index (Phi) is 5.81. The molecule has 3 N–H and O–H groups in total. The molecule has 0 saturated carbocycles. The van der Waals surface area contributed by atoms with Gasteiger partial charge in [-0.3, -0.25) is 0 Å². The molecule has 1 rings (SSSR count). The Balaban J connectivity index is 2.64. The summed E-state index contributed by atoms with van der Waals surface area (Å²) >= 11 is 5.85. The van der Waals surface area contributed by atoms with Crippen LogP contribution in [-0.4, -0.2) is 28.2 Å². The van der Waals surface area contributed by atoms with Crippen LogP contribution in [0.3, 0.4) is 0 Å². The molecule has 0 saturated heterocycles. The van der Waals surface area contributed by atoms with E-state index in [-0.39, 0.29) is 28.8 Å². The van der Waals surface area contributed by atoms with E-state index in [2.05, 4.69) is 11.3 Å². The minimum Gasteiger partial charge on any atom is -0.398 e. The number of nitrogens with two attached hydrogens (primary N) is 1. The summed E-state index contributed by atoms with van der Waals surface area (Å²) in [6.07, 6.45) is 0. The van der Waals surface area contributed by atoms with Gasteiger partial charge < -0.3 is 10.5 Å². The van der Waals surface area contributed by atoms with Gasteiger partial charge in [0.05, 0.1) is 23.9 Å². The monoisotopic (exact) mass is 304 g/mol. The smallest absolute Gasteiger partial charge is 0.244 e. The molecule has 106 valence electrons. The van der Waals surface area contributed by atoms with Crippen LogP contribution in [-0.2, 0) is 14.8 Å². The maximum Gasteiger partial charge on any atom is 0.244 e. The molecule has 7 heteroatoms. The first-order valence-electron chi connectivity index (χ1n) is 5.60. The molecule has 0 bridgehead atoms. The second-order valence-electron chi connectivity index (χ2n) is 4.07. The van der Waals surface area contributed by atoms with Crippen molar-refractivity contribution in [2.75, 3.05) is 25.5 Å². The molecule has 0 atom stereocenters. The number of hydrogen-bond acceptors (Lipinski definition) is 4. The van der Waals surface area contributed by atoms with Crippen molar-refractivity contribution < 1.29 is 13.2 Å². The van der Waals surface area contributed by atoms with Crippen molar-refractivity contribution in [1.82, 2.24) is 4.72 Å². The zero-order valence-electron chi connectivity index (χ0n) is 10.6. The van der Waals surface area contributed by atoms with E-state index in [1.165, 1.54) is 12.1 Å². The maximum atomic E-state index is 12.0. The SMILES string of the molecule is C=C(C)COCCNS(=O)(=O)c1c(N)cccc1Cl. The summed E-state index contributed by atoms with van der Waals surface area (Å²) in [4.78, 5) is -0.100. The highest BCUT2D eigenvalue weighted by molar-refractivity contribution is 7.89. The third-order valence-electron chi connectivity index (χ3n) is 2.15. The first-order chi connectivity index (χ1) is 8.84. The maximum absolute atomic E-state index is 12.0. The van der Waals surface area contributed by atoms with Gasteiger partial charge in [0.25, 0.3) is 0 Å². The Hall–Kier alpha value is -1.08. The average molecular weight is 305 g/mol. The number of halogens is 1. The van der Waals surface area contributed by atoms with Gasteiger partial charge in [-0.1, -0.05) is 29.8 Å². The molecule has 0 amide bonds. The quantitative estimate of drug-likeness (QED) is 0.457. The van der Waals surface area contributed by atoms with Gasteiger partial charge in [-0.05, 0) is 19.1 Å². The van der Waals surface area contributed by atoms with Crippen molar-refractivity contribution in [1.29, 1.82) is 0 Å². The zero-order chi connectivity index (χ0) is 14.5. The fourth-order valence-corrected chi connectivity index (χ4v) is 3.06. The number of benzene rings is 1. The van der Waals surface area contributed by atoms with Crippen molar-refractivity contribution in [3.8, 4) is 0 Å². The average Bonchev–Trinajstić information content (AvgIpc) is 2.27. The normalized spacial score (nSPS) is 11.5. The van der Waals surface area contributed by atoms with E-state index < -0.39 is 10.0 Å². The summed E-state index contributed by atoms with van der Waals surface area (Å²) in [6, 6.07) is 4.55. The molecule has 1 aromatic rings. The van der Waals surface area contributed by atoms with Gasteiger partial charge in [0.15, 0.2) is 0 Å². The molecule has 19 heavy (non-hydrogen) atoms. The lowest BCUT2D eigenvalue weighted by Gasteiger charge is -2.10. The molecular formula is C12H17ClN2O3S. The molecule has 0 aliphatic heterocycles. The van der Waals surface area contributed by atoms with Gasteiger partial charge in [-0.2, -0.15) is 0 Å². The molecule has 0 aromatic heterocycles. The lowest BCUT2D eigenvalue weighted by molar-refractivity contribution is 0.162. The Bertz CT molecular complexity index is 538. The lowest BCUT2D eigenvalue weighted by Crippen LogP contribution is -2.28. The standard InChI is InChI=1S/C12H17ClN2O3S/c1-9(2)8-18-7-6-15-19(16,17)12-10(13)4-3-5-11(12)14/h3-5,15H,1,6-8,14H2,2H3. The Labute approximate surface area is 118 Å². The van der Waals surface area contributed by atoms with Crippen LogP contribution in [0.4, 0.5) is 5.69 Å². The Morgan fingerprint density at radius 3 is 2.79 bits per heavy atom. The van der Waals surface area contributed by atoms with Crippen molar-refractivity contribution in [2.24, 2.45) is 0 Å². The zero-order valence-corrected chi connectivity index (χ0v) is 12.2. The Morgan fingerprint density at radius 1 is 1.53 bits per heavy atom. The van der Waals surface area contributed by atoms with E-state index in [1.807, 2.05) is 6.92 Å². The van der Waals surface area contributed by atoms with Gasteiger partial charge in [-0.15, -0.1) is 0 Å². The van der Waals surface area contributed by atoms with Crippen molar-refractivity contribution in [3.63, 3.8) is 0 Å². The van der Waals surface area contributed by atoms with Crippen LogP contribution in [0.2, 0.25) is 5.02 Å². The molecule has 0 fully saturated rings. The van der Waals surface area contributed by atoms with E-state index in [4.69, 9.17) is 22.1 Å². The van der Waals surface area contributed by atoms with Crippen LogP contribution in [0.5, 0.6) is 0 Å². The van der Waals surface area contributed by atoms with Gasteiger partial charge in [0, 0.05) is 6.54 Å². The first-order valence-corrected chi connectivity index (χ1v) is 7.46. The molecule has 1 aromatic carbocycles. The Morgan fingerprint density at radius 2 is 2.21 bits per heavy atom. The fourth-order valence-electron chi connectivity index (χ4n) is 1.38. The number of nitrogens with one attached hydrogen (secondary N) is 1. The number of rotatable bonds is 7. The molecule has 0 aliphatic carbocycles. The largest absolute Gasteiger partial charge is 0.398 e. The van der Waals surface area contributed by atoms with Crippen LogP contribution < -0.4 is 10.5 Å². The number of sulfonamides is 1. The molecule has 0 unspecified atom stereocenters. The van der Waals surface area contributed by atoms with Crippen LogP contribution in [0, 0.1) is 0 Å². The number of nitrogen functional groups attached to an aromatic ring is 1. The molecule has 0 radical (unpaired) electrons. The summed E-state index contributed by atoms with van der Waals surface area (Å²) in [5.74, 6) is 0. The van der Waals surface area contributed by atoms with Gasteiger partial charge in [-0.25, -0.2) is 13.1 Å². The van der Waals surface area contributed by atoms with Crippen LogP contribution in [0.1, 0.15) is 6.92 Å². The topological polar surface area (TPSA) is 81.4 Å². The summed E-state index contributed by atoms with van der Waals surface area (Å²) < 4.78 is 31.6. The van der Waals surface area contributed by atoms with Gasteiger partial charge in [0.1, 0.15) is 4.90 Å². The first kappa shape index (κ1) is 16.0. The number of anilines is 1. The predicted octanol–water partition coefficient (Wildman–Crippen LogP) is 1.79.